The largest absolute Gasteiger partial charge is 0.488 e. The van der Waals surface area contributed by atoms with E-state index in [4.69, 9.17) is 10.0 Å². The van der Waals surface area contributed by atoms with Crippen LogP contribution in [0.2, 0.25) is 0 Å². The number of hydrogen-bond acceptors (Lipinski definition) is 3. The third-order valence-corrected chi connectivity index (χ3v) is 3.74. The number of nitrogens with zero attached hydrogens (tertiary/aromatic N) is 1. The fourth-order valence-corrected chi connectivity index (χ4v) is 2.60. The summed E-state index contributed by atoms with van der Waals surface area (Å²) in [6, 6.07) is 4.94. The second-order valence-electron chi connectivity index (χ2n) is 5.08. The SMILES string of the molecule is CN(Cc1ccc(B(O)O)cc1F)C1CCCC1. The minimum atomic E-state index is -1.61. The lowest BCUT2D eigenvalue weighted by atomic mass is 9.80. The molecule has 1 aromatic carbocycles. The molecule has 1 aliphatic carbocycles. The maximum atomic E-state index is 13.8. The average molecular weight is 251 g/mol. The highest BCUT2D eigenvalue weighted by molar-refractivity contribution is 6.58. The molecule has 0 saturated heterocycles. The molecule has 0 aromatic heterocycles. The first-order valence-electron chi connectivity index (χ1n) is 6.42. The number of hydrogen-bond donors (Lipinski definition) is 2. The Morgan fingerprint density at radius 1 is 1.33 bits per heavy atom. The number of halogens is 1. The summed E-state index contributed by atoms with van der Waals surface area (Å²) in [5, 5.41) is 17.9. The van der Waals surface area contributed by atoms with Crippen LogP contribution in [0.1, 0.15) is 31.2 Å². The molecule has 3 nitrogen and oxygen atoms in total. The molecule has 0 aliphatic heterocycles. The van der Waals surface area contributed by atoms with E-state index in [1.165, 1.54) is 31.7 Å². The van der Waals surface area contributed by atoms with Crippen molar-refractivity contribution in [1.82, 2.24) is 4.90 Å². The summed E-state index contributed by atoms with van der Waals surface area (Å²) in [6.07, 6.45) is 4.89. The fraction of sp³-hybridized carbons (Fsp3) is 0.538. The Balaban J connectivity index is 2.04. The quantitative estimate of drug-likeness (QED) is 0.781. The first kappa shape index (κ1) is 13.5. The van der Waals surface area contributed by atoms with Crippen LogP contribution in [0, 0.1) is 5.82 Å². The van der Waals surface area contributed by atoms with Crippen molar-refractivity contribution in [2.75, 3.05) is 7.05 Å². The summed E-state index contributed by atoms with van der Waals surface area (Å²) in [6.45, 7) is 0.568. The zero-order valence-electron chi connectivity index (χ0n) is 10.6. The van der Waals surface area contributed by atoms with Crippen LogP contribution >= 0.6 is 0 Å². The summed E-state index contributed by atoms with van der Waals surface area (Å²) in [4.78, 5) is 2.18. The summed E-state index contributed by atoms with van der Waals surface area (Å²) in [5.41, 5.74) is 0.800. The van der Waals surface area contributed by atoms with Gasteiger partial charge in [0, 0.05) is 18.2 Å². The summed E-state index contributed by atoms with van der Waals surface area (Å²) in [7, 11) is 0.408. The monoisotopic (exact) mass is 251 g/mol. The molecule has 2 N–H and O–H groups in total. The molecular formula is C13H19BFNO2. The van der Waals surface area contributed by atoms with E-state index in [0.29, 0.717) is 18.2 Å². The Morgan fingerprint density at radius 2 is 2.00 bits per heavy atom. The number of rotatable bonds is 4. The molecule has 1 aromatic rings. The van der Waals surface area contributed by atoms with Gasteiger partial charge in [0.1, 0.15) is 5.82 Å². The van der Waals surface area contributed by atoms with Crippen molar-refractivity contribution in [3.05, 3.63) is 29.6 Å². The van der Waals surface area contributed by atoms with Gasteiger partial charge in [-0.25, -0.2) is 4.39 Å². The van der Waals surface area contributed by atoms with Crippen LogP contribution in [0.4, 0.5) is 4.39 Å². The van der Waals surface area contributed by atoms with Gasteiger partial charge in [-0.1, -0.05) is 25.0 Å². The fourth-order valence-electron chi connectivity index (χ4n) is 2.60. The van der Waals surface area contributed by atoms with Crippen molar-refractivity contribution in [3.8, 4) is 0 Å². The van der Waals surface area contributed by atoms with Crippen LogP contribution < -0.4 is 5.46 Å². The molecule has 0 amide bonds. The molecule has 0 unspecified atom stereocenters. The average Bonchev–Trinajstić information content (AvgIpc) is 2.85. The molecule has 18 heavy (non-hydrogen) atoms. The Morgan fingerprint density at radius 3 is 2.56 bits per heavy atom. The molecule has 0 bridgehead atoms. The Kier molecular flexibility index (Phi) is 4.38. The highest BCUT2D eigenvalue weighted by Crippen LogP contribution is 2.23. The van der Waals surface area contributed by atoms with E-state index in [9.17, 15) is 4.39 Å². The highest BCUT2D eigenvalue weighted by Gasteiger charge is 2.21. The lowest BCUT2D eigenvalue weighted by molar-refractivity contribution is 0.234. The van der Waals surface area contributed by atoms with E-state index >= 15 is 0 Å². The zero-order chi connectivity index (χ0) is 13.1. The lowest BCUT2D eigenvalue weighted by Gasteiger charge is -2.24. The maximum absolute atomic E-state index is 13.8. The molecule has 2 rings (SSSR count). The van der Waals surface area contributed by atoms with Gasteiger partial charge in [0.15, 0.2) is 0 Å². The molecule has 0 radical (unpaired) electrons. The van der Waals surface area contributed by atoms with Crippen LogP contribution in [-0.4, -0.2) is 35.2 Å². The van der Waals surface area contributed by atoms with Gasteiger partial charge in [0.25, 0.3) is 0 Å². The predicted octanol–water partition coefficient (Wildman–Crippen LogP) is 0.880. The number of benzene rings is 1. The lowest BCUT2D eigenvalue weighted by Crippen LogP contribution is -2.32. The van der Waals surface area contributed by atoms with E-state index in [1.807, 2.05) is 7.05 Å². The topological polar surface area (TPSA) is 43.7 Å². The molecule has 98 valence electrons. The van der Waals surface area contributed by atoms with Crippen LogP contribution in [0.3, 0.4) is 0 Å². The summed E-state index contributed by atoms with van der Waals surface area (Å²) >= 11 is 0. The second-order valence-corrected chi connectivity index (χ2v) is 5.08. The van der Waals surface area contributed by atoms with Crippen LogP contribution in [0.25, 0.3) is 0 Å². The van der Waals surface area contributed by atoms with Gasteiger partial charge in [0.05, 0.1) is 0 Å². The molecule has 1 saturated carbocycles. The predicted molar refractivity (Wildman–Crippen MR) is 69.9 cm³/mol. The maximum Gasteiger partial charge on any atom is 0.488 e. The van der Waals surface area contributed by atoms with Crippen molar-refractivity contribution in [2.24, 2.45) is 0 Å². The van der Waals surface area contributed by atoms with Crippen LogP contribution in [0.5, 0.6) is 0 Å². The Bertz CT molecular complexity index is 408. The van der Waals surface area contributed by atoms with Gasteiger partial charge < -0.3 is 10.0 Å². The first-order valence-corrected chi connectivity index (χ1v) is 6.42. The first-order chi connectivity index (χ1) is 8.58. The Hall–Kier alpha value is -0.905. The summed E-state index contributed by atoms with van der Waals surface area (Å²) in [5.74, 6) is -0.370. The molecular weight excluding hydrogens is 232 g/mol. The molecule has 5 heteroatoms. The minimum absolute atomic E-state index is 0.194. The zero-order valence-corrected chi connectivity index (χ0v) is 10.6. The third kappa shape index (κ3) is 3.10. The summed E-state index contributed by atoms with van der Waals surface area (Å²) < 4.78 is 13.8. The van der Waals surface area contributed by atoms with Crippen molar-refractivity contribution in [1.29, 1.82) is 0 Å². The third-order valence-electron chi connectivity index (χ3n) is 3.74. The minimum Gasteiger partial charge on any atom is -0.423 e. The van der Waals surface area contributed by atoms with Crippen molar-refractivity contribution in [2.45, 2.75) is 38.3 Å². The van der Waals surface area contributed by atoms with E-state index in [2.05, 4.69) is 4.90 Å². The molecule has 0 spiro atoms. The van der Waals surface area contributed by atoms with E-state index in [-0.39, 0.29) is 11.3 Å². The highest BCUT2D eigenvalue weighted by atomic mass is 19.1. The van der Waals surface area contributed by atoms with Crippen molar-refractivity contribution in [3.63, 3.8) is 0 Å². The van der Waals surface area contributed by atoms with Crippen molar-refractivity contribution < 1.29 is 14.4 Å². The van der Waals surface area contributed by atoms with Crippen molar-refractivity contribution >= 4 is 12.6 Å². The second kappa shape index (κ2) is 5.82. The smallest absolute Gasteiger partial charge is 0.423 e. The van der Waals surface area contributed by atoms with E-state index in [0.717, 1.165) is 0 Å². The standard InChI is InChI=1S/C13H19BFNO2/c1-16(12-4-2-3-5-12)9-10-6-7-11(14(17)18)8-13(10)15/h6-8,12,17-18H,2-5,9H2,1H3. The molecule has 1 fully saturated rings. The van der Waals surface area contributed by atoms with Crippen LogP contribution in [0.15, 0.2) is 18.2 Å². The Labute approximate surface area is 107 Å². The molecule has 0 heterocycles. The van der Waals surface area contributed by atoms with E-state index < -0.39 is 7.12 Å². The van der Waals surface area contributed by atoms with Gasteiger partial charge in [0.2, 0.25) is 0 Å². The van der Waals surface area contributed by atoms with E-state index in [1.54, 1.807) is 12.1 Å². The van der Waals surface area contributed by atoms with Gasteiger partial charge >= 0.3 is 7.12 Å². The van der Waals surface area contributed by atoms with Gasteiger partial charge in [-0.3, -0.25) is 4.90 Å². The van der Waals surface area contributed by atoms with Crippen LogP contribution in [-0.2, 0) is 6.54 Å². The van der Waals surface area contributed by atoms with Gasteiger partial charge in [-0.05, 0) is 31.4 Å². The normalized spacial score (nSPS) is 16.5. The van der Waals surface area contributed by atoms with Gasteiger partial charge in [-0.2, -0.15) is 0 Å². The molecule has 1 aliphatic rings. The molecule has 0 atom stereocenters. The van der Waals surface area contributed by atoms with Gasteiger partial charge in [-0.15, -0.1) is 0 Å².